The van der Waals surface area contributed by atoms with Crippen LogP contribution in [0, 0.1) is 11.3 Å². The van der Waals surface area contributed by atoms with Crippen LogP contribution in [0.3, 0.4) is 0 Å². The lowest BCUT2D eigenvalue weighted by atomic mass is 10.2. The van der Waals surface area contributed by atoms with E-state index in [1.54, 1.807) is 39.8 Å². The SMILES string of the molecule is N#CCCN(C(=O)CSc1nc2ccccc2c(=O)n1Cc1ccc(Cl)cc1)c1ccccc1. The number of amides is 1. The molecule has 0 aliphatic carbocycles. The van der Waals surface area contributed by atoms with Crippen LogP contribution < -0.4 is 10.5 Å². The summed E-state index contributed by atoms with van der Waals surface area (Å²) in [5.41, 5.74) is 2.05. The first-order valence-corrected chi connectivity index (χ1v) is 12.0. The van der Waals surface area contributed by atoms with Gasteiger partial charge in [-0.15, -0.1) is 0 Å². The third-order valence-electron chi connectivity index (χ3n) is 5.22. The first-order valence-electron chi connectivity index (χ1n) is 10.7. The smallest absolute Gasteiger partial charge is 0.262 e. The van der Waals surface area contributed by atoms with Crippen molar-refractivity contribution in [3.8, 4) is 6.07 Å². The fraction of sp³-hybridized carbons (Fsp3) is 0.154. The van der Waals surface area contributed by atoms with E-state index in [2.05, 4.69) is 6.07 Å². The Morgan fingerprint density at radius 1 is 1.03 bits per heavy atom. The topological polar surface area (TPSA) is 79.0 Å². The number of carbonyl (C=O) groups is 1. The van der Waals surface area contributed by atoms with Crippen molar-refractivity contribution in [1.82, 2.24) is 9.55 Å². The Morgan fingerprint density at radius 2 is 1.74 bits per heavy atom. The number of anilines is 1. The molecule has 0 aliphatic rings. The highest BCUT2D eigenvalue weighted by atomic mass is 35.5. The zero-order chi connectivity index (χ0) is 23.9. The maximum Gasteiger partial charge on any atom is 0.262 e. The third-order valence-corrected chi connectivity index (χ3v) is 6.43. The lowest BCUT2D eigenvalue weighted by Gasteiger charge is -2.22. The molecule has 1 amide bonds. The molecule has 1 aromatic heterocycles. The van der Waals surface area contributed by atoms with Gasteiger partial charge in [-0.25, -0.2) is 4.98 Å². The number of nitriles is 1. The molecule has 0 N–H and O–H groups in total. The standard InChI is InChI=1S/C26H21ClN4O2S/c27-20-13-11-19(12-14-20)17-31-25(33)22-9-4-5-10-23(22)29-26(31)34-18-24(32)30(16-6-15-28)21-7-2-1-3-8-21/h1-5,7-14H,6,16-18H2. The largest absolute Gasteiger partial charge is 0.311 e. The predicted octanol–water partition coefficient (Wildman–Crippen LogP) is 5.14. The van der Waals surface area contributed by atoms with Crippen molar-refractivity contribution >= 4 is 45.9 Å². The van der Waals surface area contributed by atoms with E-state index >= 15 is 0 Å². The fourth-order valence-corrected chi connectivity index (χ4v) is 4.54. The number of carbonyl (C=O) groups excluding carboxylic acids is 1. The van der Waals surface area contributed by atoms with E-state index in [4.69, 9.17) is 21.8 Å². The minimum Gasteiger partial charge on any atom is -0.311 e. The van der Waals surface area contributed by atoms with Gasteiger partial charge in [-0.05, 0) is 42.0 Å². The van der Waals surface area contributed by atoms with E-state index < -0.39 is 0 Å². The Hall–Kier alpha value is -3.60. The van der Waals surface area contributed by atoms with Crippen LogP contribution in [0.15, 0.2) is 88.8 Å². The average molecular weight is 489 g/mol. The Labute approximate surface area is 206 Å². The van der Waals surface area contributed by atoms with E-state index in [1.807, 2.05) is 48.5 Å². The minimum atomic E-state index is -0.167. The Balaban J connectivity index is 1.64. The number of nitrogens with zero attached hydrogens (tertiary/aromatic N) is 4. The maximum atomic E-state index is 13.3. The summed E-state index contributed by atoms with van der Waals surface area (Å²) in [6.07, 6.45) is 0.223. The molecule has 4 rings (SSSR count). The van der Waals surface area contributed by atoms with Crippen molar-refractivity contribution in [2.24, 2.45) is 0 Å². The second-order valence-corrected chi connectivity index (χ2v) is 8.89. The second kappa shape index (κ2) is 11.0. The average Bonchev–Trinajstić information content (AvgIpc) is 2.87. The van der Waals surface area contributed by atoms with Gasteiger partial charge in [0.25, 0.3) is 5.56 Å². The van der Waals surface area contributed by atoms with Gasteiger partial charge in [0.05, 0.1) is 35.7 Å². The maximum absolute atomic E-state index is 13.3. The first-order chi connectivity index (χ1) is 16.6. The van der Waals surface area contributed by atoms with Crippen LogP contribution in [0.2, 0.25) is 5.02 Å². The minimum absolute atomic E-state index is 0.0751. The highest BCUT2D eigenvalue weighted by molar-refractivity contribution is 7.99. The zero-order valence-corrected chi connectivity index (χ0v) is 19.8. The number of rotatable bonds is 8. The summed E-state index contributed by atoms with van der Waals surface area (Å²) in [4.78, 5) is 32.7. The van der Waals surface area contributed by atoms with Gasteiger partial charge < -0.3 is 4.90 Å². The van der Waals surface area contributed by atoms with E-state index in [0.29, 0.717) is 34.2 Å². The molecule has 0 unspecified atom stereocenters. The predicted molar refractivity (Wildman–Crippen MR) is 136 cm³/mol. The molecule has 8 heteroatoms. The molecular formula is C26H21ClN4O2S. The van der Waals surface area contributed by atoms with Gasteiger partial charge in [0.1, 0.15) is 0 Å². The Bertz CT molecular complexity index is 1400. The van der Waals surface area contributed by atoms with Crippen molar-refractivity contribution < 1.29 is 4.79 Å². The number of halogens is 1. The summed E-state index contributed by atoms with van der Waals surface area (Å²) >= 11 is 7.22. The summed E-state index contributed by atoms with van der Waals surface area (Å²) in [6.45, 7) is 0.601. The Morgan fingerprint density at radius 3 is 2.47 bits per heavy atom. The lowest BCUT2D eigenvalue weighted by Crippen LogP contribution is -2.33. The molecule has 0 saturated carbocycles. The molecule has 6 nitrogen and oxygen atoms in total. The molecule has 0 atom stereocenters. The summed E-state index contributed by atoms with van der Waals surface area (Å²) in [5.74, 6) is -0.0852. The molecule has 170 valence electrons. The highest BCUT2D eigenvalue weighted by Gasteiger charge is 2.18. The first kappa shape index (κ1) is 23.6. The number of benzene rings is 3. The van der Waals surface area contributed by atoms with Crippen molar-refractivity contribution in [1.29, 1.82) is 5.26 Å². The molecule has 0 saturated heterocycles. The summed E-state index contributed by atoms with van der Waals surface area (Å²) < 4.78 is 1.59. The summed E-state index contributed by atoms with van der Waals surface area (Å²) in [6, 6.07) is 25.8. The van der Waals surface area contributed by atoms with Crippen LogP contribution in [0.25, 0.3) is 10.9 Å². The van der Waals surface area contributed by atoms with E-state index in [9.17, 15) is 9.59 Å². The molecular weight excluding hydrogens is 468 g/mol. The Kier molecular flexibility index (Phi) is 7.63. The number of para-hydroxylation sites is 2. The van der Waals surface area contributed by atoms with Gasteiger partial charge >= 0.3 is 0 Å². The molecule has 34 heavy (non-hydrogen) atoms. The second-order valence-electron chi connectivity index (χ2n) is 7.51. The van der Waals surface area contributed by atoms with Crippen molar-refractivity contribution in [2.75, 3.05) is 17.2 Å². The van der Waals surface area contributed by atoms with E-state index in [0.717, 1.165) is 11.3 Å². The van der Waals surface area contributed by atoms with Crippen LogP contribution in [0.1, 0.15) is 12.0 Å². The van der Waals surface area contributed by atoms with Gasteiger partial charge in [-0.2, -0.15) is 5.26 Å². The number of aromatic nitrogens is 2. The number of hydrogen-bond acceptors (Lipinski definition) is 5. The summed E-state index contributed by atoms with van der Waals surface area (Å²) in [5, 5.41) is 10.6. The normalized spacial score (nSPS) is 10.7. The van der Waals surface area contributed by atoms with Gasteiger partial charge in [0.15, 0.2) is 5.16 Å². The number of fused-ring (bicyclic) bond motifs is 1. The molecule has 0 aliphatic heterocycles. The molecule has 0 bridgehead atoms. The molecule has 0 fully saturated rings. The van der Waals surface area contributed by atoms with Crippen molar-refractivity contribution in [2.45, 2.75) is 18.1 Å². The monoisotopic (exact) mass is 488 g/mol. The van der Waals surface area contributed by atoms with Crippen molar-refractivity contribution in [3.05, 3.63) is 99.8 Å². The number of thioether (sulfide) groups is 1. The highest BCUT2D eigenvalue weighted by Crippen LogP contribution is 2.22. The lowest BCUT2D eigenvalue weighted by molar-refractivity contribution is -0.116. The van der Waals surface area contributed by atoms with Gasteiger partial charge in [-0.1, -0.05) is 65.8 Å². The fourth-order valence-electron chi connectivity index (χ4n) is 3.54. The van der Waals surface area contributed by atoms with Crippen molar-refractivity contribution in [3.63, 3.8) is 0 Å². The van der Waals surface area contributed by atoms with Crippen LogP contribution in [0.4, 0.5) is 5.69 Å². The zero-order valence-electron chi connectivity index (χ0n) is 18.2. The van der Waals surface area contributed by atoms with Gasteiger partial charge in [0, 0.05) is 17.3 Å². The van der Waals surface area contributed by atoms with Crippen LogP contribution >= 0.6 is 23.4 Å². The van der Waals surface area contributed by atoms with Gasteiger partial charge in [-0.3, -0.25) is 14.2 Å². The third kappa shape index (κ3) is 5.48. The molecule has 0 radical (unpaired) electrons. The van der Waals surface area contributed by atoms with Crippen LogP contribution in [0.5, 0.6) is 0 Å². The van der Waals surface area contributed by atoms with Gasteiger partial charge in [0.2, 0.25) is 5.91 Å². The molecule has 3 aromatic carbocycles. The quantitative estimate of drug-likeness (QED) is 0.253. The van der Waals surface area contributed by atoms with E-state index in [-0.39, 0.29) is 23.6 Å². The number of hydrogen-bond donors (Lipinski definition) is 0. The van der Waals surface area contributed by atoms with E-state index in [1.165, 1.54) is 11.8 Å². The summed E-state index contributed by atoms with van der Waals surface area (Å²) in [7, 11) is 0. The molecule has 1 heterocycles. The van der Waals surface area contributed by atoms with Crippen LogP contribution in [-0.4, -0.2) is 27.8 Å². The molecule has 4 aromatic rings. The molecule has 0 spiro atoms. The van der Waals surface area contributed by atoms with Crippen LogP contribution in [-0.2, 0) is 11.3 Å².